The predicted octanol–water partition coefficient (Wildman–Crippen LogP) is 17.3. The van der Waals surface area contributed by atoms with Crippen LogP contribution in [0.1, 0.15) is 114 Å². The Labute approximate surface area is 377 Å². The molecule has 1 aromatic heterocycles. The fourth-order valence-electron chi connectivity index (χ4n) is 8.94. The van der Waals surface area contributed by atoms with Gasteiger partial charge in [0.05, 0.1) is 11.4 Å². The third-order valence-corrected chi connectivity index (χ3v) is 12.5. The molecule has 2 heteroatoms. The SMILES string of the molecule is Cc1cc(C)cc(-c2cn(-c3c(C(C)C)cc(-c4ccccc4)cc3C(C)C)c(-c3cccc(-c4cc(-c5ccc(C(C)(C)C)cc5)cc(-c5ccc(C(C)(C)C)cc5)c4)c3)n2)c1. The van der Waals surface area contributed by atoms with Crippen LogP contribution < -0.4 is 0 Å². The van der Waals surface area contributed by atoms with Gasteiger partial charge in [0.2, 0.25) is 0 Å². The highest BCUT2D eigenvalue weighted by molar-refractivity contribution is 5.83. The smallest absolute Gasteiger partial charge is 0.145 e. The van der Waals surface area contributed by atoms with Gasteiger partial charge < -0.3 is 0 Å². The Kier molecular flexibility index (Phi) is 11.8. The van der Waals surface area contributed by atoms with Crippen LogP contribution in [0.5, 0.6) is 0 Å². The molecule has 0 atom stereocenters. The fourth-order valence-corrected chi connectivity index (χ4v) is 8.94. The van der Waals surface area contributed by atoms with Gasteiger partial charge in [-0.05, 0) is 152 Å². The average molecular weight is 825 g/mol. The van der Waals surface area contributed by atoms with Gasteiger partial charge in [-0.15, -0.1) is 0 Å². The second-order valence-electron chi connectivity index (χ2n) is 20.4. The minimum atomic E-state index is 0.0836. The first kappa shape index (κ1) is 43.4. The van der Waals surface area contributed by atoms with Crippen LogP contribution in [0, 0.1) is 13.8 Å². The molecule has 0 unspecified atom stereocenters. The third-order valence-electron chi connectivity index (χ3n) is 12.5. The molecule has 0 N–H and O–H groups in total. The summed E-state index contributed by atoms with van der Waals surface area (Å²) in [6.45, 7) is 27.3. The van der Waals surface area contributed by atoms with Gasteiger partial charge >= 0.3 is 0 Å². The normalized spacial score (nSPS) is 12.1. The zero-order valence-electron chi connectivity index (χ0n) is 39.6. The van der Waals surface area contributed by atoms with Gasteiger partial charge in [0, 0.05) is 17.3 Å². The van der Waals surface area contributed by atoms with Crippen molar-refractivity contribution in [3.05, 3.63) is 191 Å². The molecule has 7 aromatic carbocycles. The van der Waals surface area contributed by atoms with Crippen molar-refractivity contribution in [2.24, 2.45) is 0 Å². The van der Waals surface area contributed by atoms with Gasteiger partial charge in [0.15, 0.2) is 0 Å². The fraction of sp³-hybridized carbons (Fsp3) is 0.262. The first-order valence-corrected chi connectivity index (χ1v) is 22.8. The molecule has 0 aliphatic heterocycles. The number of nitrogens with zero attached hydrogens (tertiary/aromatic N) is 2. The molecule has 0 radical (unpaired) electrons. The lowest BCUT2D eigenvalue weighted by atomic mass is 9.85. The van der Waals surface area contributed by atoms with Gasteiger partial charge in [-0.1, -0.05) is 183 Å². The minimum absolute atomic E-state index is 0.0836. The highest BCUT2D eigenvalue weighted by Gasteiger charge is 2.24. The summed E-state index contributed by atoms with van der Waals surface area (Å²) in [4.78, 5) is 5.57. The number of benzene rings is 7. The quantitative estimate of drug-likeness (QED) is 0.142. The monoisotopic (exact) mass is 825 g/mol. The summed E-state index contributed by atoms with van der Waals surface area (Å²) in [5.41, 5.74) is 22.0. The molecule has 318 valence electrons. The van der Waals surface area contributed by atoms with Crippen molar-refractivity contribution in [2.75, 3.05) is 0 Å². The number of rotatable bonds is 9. The van der Waals surface area contributed by atoms with Crippen LogP contribution in [0.2, 0.25) is 0 Å². The van der Waals surface area contributed by atoms with E-state index in [4.69, 9.17) is 4.98 Å². The van der Waals surface area contributed by atoms with E-state index < -0.39 is 0 Å². The molecule has 0 aliphatic carbocycles. The van der Waals surface area contributed by atoms with Crippen LogP contribution in [0.15, 0.2) is 158 Å². The van der Waals surface area contributed by atoms with E-state index in [9.17, 15) is 0 Å². The van der Waals surface area contributed by atoms with Gasteiger partial charge in [-0.3, -0.25) is 4.57 Å². The van der Waals surface area contributed by atoms with E-state index in [2.05, 4.69) is 246 Å². The Morgan fingerprint density at radius 3 is 1.29 bits per heavy atom. The maximum Gasteiger partial charge on any atom is 0.145 e. The Morgan fingerprint density at radius 1 is 0.397 bits per heavy atom. The second kappa shape index (κ2) is 17.1. The molecule has 0 fully saturated rings. The molecule has 1 heterocycles. The van der Waals surface area contributed by atoms with Crippen LogP contribution >= 0.6 is 0 Å². The van der Waals surface area contributed by atoms with Crippen molar-refractivity contribution in [1.29, 1.82) is 0 Å². The van der Waals surface area contributed by atoms with E-state index in [1.54, 1.807) is 0 Å². The van der Waals surface area contributed by atoms with E-state index >= 15 is 0 Å². The maximum atomic E-state index is 5.57. The average Bonchev–Trinajstić information content (AvgIpc) is 3.71. The van der Waals surface area contributed by atoms with Crippen molar-refractivity contribution in [3.8, 4) is 72.8 Å². The Bertz CT molecular complexity index is 2760. The van der Waals surface area contributed by atoms with E-state index in [-0.39, 0.29) is 22.7 Å². The second-order valence-corrected chi connectivity index (χ2v) is 20.4. The molecule has 63 heavy (non-hydrogen) atoms. The van der Waals surface area contributed by atoms with Crippen LogP contribution in [0.3, 0.4) is 0 Å². The van der Waals surface area contributed by atoms with E-state index in [0.29, 0.717) is 0 Å². The molecule has 0 amide bonds. The number of imidazole rings is 1. The van der Waals surface area contributed by atoms with Gasteiger partial charge in [-0.25, -0.2) is 4.98 Å². The molecular formula is C61H64N2. The Morgan fingerprint density at radius 2 is 0.810 bits per heavy atom. The zero-order valence-corrected chi connectivity index (χ0v) is 39.6. The number of aryl methyl sites for hydroxylation is 2. The maximum absolute atomic E-state index is 5.57. The topological polar surface area (TPSA) is 17.8 Å². The number of hydrogen-bond donors (Lipinski definition) is 0. The standard InChI is InChI=1S/C61H64N2/c1-39(2)55-36-51(43-17-14-13-15-18-43)37-56(40(3)4)58(55)63-38-57(52-30-41(5)29-42(6)31-52)62-59(63)47-20-16-19-46(32-47)50-34-48(44-21-25-53(26-22-44)60(7,8)9)33-49(35-50)45-23-27-54(28-24-45)61(10,11)12/h13-40H,1-12H3. The molecule has 8 rings (SSSR count). The molecule has 0 bridgehead atoms. The van der Waals surface area contributed by atoms with E-state index in [1.807, 2.05) is 0 Å². The first-order chi connectivity index (χ1) is 29.9. The van der Waals surface area contributed by atoms with Crippen molar-refractivity contribution in [3.63, 3.8) is 0 Å². The van der Waals surface area contributed by atoms with Crippen molar-refractivity contribution >= 4 is 0 Å². The summed E-state index contributed by atoms with van der Waals surface area (Å²) in [6, 6.07) is 56.8. The molecule has 0 aliphatic rings. The summed E-state index contributed by atoms with van der Waals surface area (Å²) in [5, 5.41) is 0. The summed E-state index contributed by atoms with van der Waals surface area (Å²) in [7, 11) is 0. The van der Waals surface area contributed by atoms with Crippen molar-refractivity contribution < 1.29 is 0 Å². The Hall–Kier alpha value is -6.25. The van der Waals surface area contributed by atoms with E-state index in [0.717, 1.165) is 28.2 Å². The molecular weight excluding hydrogens is 761 g/mol. The summed E-state index contributed by atoms with van der Waals surface area (Å²) in [6.07, 6.45) is 2.28. The Balaban J connectivity index is 1.33. The van der Waals surface area contributed by atoms with Crippen LogP contribution in [-0.2, 0) is 10.8 Å². The van der Waals surface area contributed by atoms with Gasteiger partial charge in [0.1, 0.15) is 5.82 Å². The third kappa shape index (κ3) is 9.28. The van der Waals surface area contributed by atoms with E-state index in [1.165, 1.54) is 78.0 Å². The molecule has 0 saturated carbocycles. The van der Waals surface area contributed by atoms with Crippen LogP contribution in [0.25, 0.3) is 72.8 Å². The minimum Gasteiger partial charge on any atom is -0.299 e. The molecule has 0 saturated heterocycles. The lowest BCUT2D eigenvalue weighted by Crippen LogP contribution is -2.10. The van der Waals surface area contributed by atoms with Gasteiger partial charge in [-0.2, -0.15) is 0 Å². The molecule has 8 aromatic rings. The number of hydrogen-bond acceptors (Lipinski definition) is 1. The van der Waals surface area contributed by atoms with Crippen molar-refractivity contribution in [1.82, 2.24) is 9.55 Å². The van der Waals surface area contributed by atoms with Crippen molar-refractivity contribution in [2.45, 2.75) is 106 Å². The lowest BCUT2D eigenvalue weighted by Gasteiger charge is -2.24. The van der Waals surface area contributed by atoms with Crippen LogP contribution in [0.4, 0.5) is 0 Å². The summed E-state index contributed by atoms with van der Waals surface area (Å²) < 4.78 is 2.40. The number of aromatic nitrogens is 2. The summed E-state index contributed by atoms with van der Waals surface area (Å²) >= 11 is 0. The van der Waals surface area contributed by atoms with Gasteiger partial charge in [0.25, 0.3) is 0 Å². The first-order valence-electron chi connectivity index (χ1n) is 22.8. The predicted molar refractivity (Wildman–Crippen MR) is 271 cm³/mol. The highest BCUT2D eigenvalue weighted by atomic mass is 15.1. The summed E-state index contributed by atoms with van der Waals surface area (Å²) in [5.74, 6) is 1.50. The highest BCUT2D eigenvalue weighted by Crippen LogP contribution is 2.41. The van der Waals surface area contributed by atoms with Crippen LogP contribution in [-0.4, -0.2) is 9.55 Å². The molecule has 0 spiro atoms. The largest absolute Gasteiger partial charge is 0.299 e. The molecule has 2 nitrogen and oxygen atoms in total. The lowest BCUT2D eigenvalue weighted by molar-refractivity contribution is 0.590. The zero-order chi connectivity index (χ0) is 44.8.